The molecule has 0 saturated heterocycles. The van der Waals surface area contributed by atoms with Crippen LogP contribution in [-0.2, 0) is 11.3 Å². The molecule has 0 aliphatic rings. The third-order valence-electron chi connectivity index (χ3n) is 4.34. The molecule has 4 aromatic rings. The maximum Gasteiger partial charge on any atom is 0.267 e. The Hall–Kier alpha value is -3.72. The van der Waals surface area contributed by atoms with Crippen LogP contribution in [0.2, 0.25) is 5.02 Å². The van der Waals surface area contributed by atoms with Gasteiger partial charge in [-0.05, 0) is 30.3 Å². The third kappa shape index (κ3) is 3.62. The lowest BCUT2D eigenvalue weighted by Crippen LogP contribution is -2.27. The van der Waals surface area contributed by atoms with Crippen LogP contribution in [0.15, 0.2) is 58.1 Å². The molecule has 0 fully saturated rings. The lowest BCUT2D eigenvalue weighted by molar-refractivity contribution is -0.116. The van der Waals surface area contributed by atoms with E-state index in [4.69, 9.17) is 20.9 Å². The summed E-state index contributed by atoms with van der Waals surface area (Å²) in [6.45, 7) is -0.326. The largest absolute Gasteiger partial charge is 0.495 e. The Morgan fingerprint density at radius 3 is 2.83 bits per heavy atom. The zero-order valence-electron chi connectivity index (χ0n) is 15.6. The van der Waals surface area contributed by atoms with Crippen molar-refractivity contribution in [1.82, 2.24) is 14.7 Å². The number of anilines is 1. The molecule has 0 bridgehead atoms. The van der Waals surface area contributed by atoms with Crippen molar-refractivity contribution >= 4 is 34.3 Å². The Kier molecular flexibility index (Phi) is 5.20. The molecule has 8 nitrogen and oxygen atoms in total. The number of carbonyl (C=O) groups is 1. The van der Waals surface area contributed by atoms with Crippen LogP contribution in [0, 0.1) is 5.82 Å². The maximum absolute atomic E-state index is 14.2. The Labute approximate surface area is 173 Å². The maximum atomic E-state index is 14.2. The minimum absolute atomic E-state index is 0.0112. The minimum atomic E-state index is -0.581. The molecule has 0 spiro atoms. The van der Waals surface area contributed by atoms with Gasteiger partial charge in [0.1, 0.15) is 35.5 Å². The number of benzene rings is 2. The molecule has 2 aromatic heterocycles. The van der Waals surface area contributed by atoms with Gasteiger partial charge in [0.05, 0.1) is 12.1 Å². The fourth-order valence-corrected chi connectivity index (χ4v) is 3.19. The van der Waals surface area contributed by atoms with Gasteiger partial charge in [0.2, 0.25) is 5.91 Å². The second-order valence-electron chi connectivity index (χ2n) is 6.27. The van der Waals surface area contributed by atoms with Gasteiger partial charge < -0.3 is 14.6 Å². The number of carbonyl (C=O) groups excluding carboxylic acids is 1. The highest BCUT2D eigenvalue weighted by atomic mass is 35.5. The molecule has 0 radical (unpaired) electrons. The number of nitrogens with one attached hydrogen (secondary N) is 1. The van der Waals surface area contributed by atoms with Crippen LogP contribution in [0.3, 0.4) is 0 Å². The molecule has 2 aromatic carbocycles. The van der Waals surface area contributed by atoms with Crippen LogP contribution >= 0.6 is 11.6 Å². The van der Waals surface area contributed by atoms with Gasteiger partial charge in [-0.25, -0.2) is 9.37 Å². The Morgan fingerprint density at radius 1 is 1.30 bits per heavy atom. The summed E-state index contributed by atoms with van der Waals surface area (Å²) in [5.74, 6) is -0.575. The lowest BCUT2D eigenvalue weighted by atomic mass is 10.1. The molecule has 0 atom stereocenters. The highest BCUT2D eigenvalue weighted by Crippen LogP contribution is 2.28. The van der Waals surface area contributed by atoms with E-state index in [1.807, 2.05) is 0 Å². The van der Waals surface area contributed by atoms with Crippen LogP contribution in [0.4, 0.5) is 10.1 Å². The highest BCUT2D eigenvalue weighted by molar-refractivity contribution is 6.32. The summed E-state index contributed by atoms with van der Waals surface area (Å²) in [5, 5.41) is 6.74. The predicted octanol–water partition coefficient (Wildman–Crippen LogP) is 3.49. The number of halogens is 2. The van der Waals surface area contributed by atoms with Gasteiger partial charge >= 0.3 is 0 Å². The van der Waals surface area contributed by atoms with Crippen molar-refractivity contribution < 1.29 is 18.4 Å². The van der Waals surface area contributed by atoms with Crippen molar-refractivity contribution in [3.63, 3.8) is 0 Å². The summed E-state index contributed by atoms with van der Waals surface area (Å²) in [7, 11) is 1.48. The average molecular weight is 429 g/mol. The van der Waals surface area contributed by atoms with Crippen LogP contribution in [0.1, 0.15) is 0 Å². The van der Waals surface area contributed by atoms with E-state index in [0.29, 0.717) is 16.5 Å². The second kappa shape index (κ2) is 7.96. The summed E-state index contributed by atoms with van der Waals surface area (Å²) in [6, 6.07) is 10.6. The van der Waals surface area contributed by atoms with Crippen molar-refractivity contribution in [3.05, 3.63) is 70.0 Å². The van der Waals surface area contributed by atoms with E-state index in [1.165, 1.54) is 37.7 Å². The van der Waals surface area contributed by atoms with E-state index in [9.17, 15) is 14.0 Å². The molecule has 10 heteroatoms. The quantitative estimate of drug-likeness (QED) is 0.522. The number of amides is 1. The summed E-state index contributed by atoms with van der Waals surface area (Å²) in [6.07, 6.45) is 1.17. The van der Waals surface area contributed by atoms with E-state index >= 15 is 0 Å². The second-order valence-corrected chi connectivity index (χ2v) is 6.67. The number of nitrogens with zero attached hydrogens (tertiary/aromatic N) is 3. The van der Waals surface area contributed by atoms with Crippen molar-refractivity contribution in [2.24, 2.45) is 0 Å². The van der Waals surface area contributed by atoms with Crippen LogP contribution < -0.4 is 15.6 Å². The zero-order chi connectivity index (χ0) is 21.3. The van der Waals surface area contributed by atoms with Gasteiger partial charge in [-0.1, -0.05) is 28.9 Å². The third-order valence-corrected chi connectivity index (χ3v) is 4.64. The fourth-order valence-electron chi connectivity index (χ4n) is 2.93. The van der Waals surface area contributed by atoms with Gasteiger partial charge in [0.25, 0.3) is 11.3 Å². The number of rotatable bonds is 5. The van der Waals surface area contributed by atoms with Crippen LogP contribution in [0.25, 0.3) is 22.4 Å². The average Bonchev–Trinajstić information content (AvgIpc) is 3.15. The Morgan fingerprint density at radius 2 is 2.10 bits per heavy atom. The molecule has 30 heavy (non-hydrogen) atoms. The highest BCUT2D eigenvalue weighted by Gasteiger charge is 2.20. The van der Waals surface area contributed by atoms with Crippen molar-refractivity contribution in [1.29, 1.82) is 0 Å². The van der Waals surface area contributed by atoms with Gasteiger partial charge in [0.15, 0.2) is 0 Å². The molecule has 2 heterocycles. The molecule has 0 unspecified atom stereocenters. The topological polar surface area (TPSA) is 99.2 Å². The minimum Gasteiger partial charge on any atom is -0.495 e. The smallest absolute Gasteiger partial charge is 0.267 e. The SMILES string of the molecule is COc1ccc(NC(=O)Cn2cnc3onc(-c4ccccc4F)c3c2=O)cc1Cl. The van der Waals surface area contributed by atoms with E-state index in [0.717, 1.165) is 4.57 Å². The summed E-state index contributed by atoms with van der Waals surface area (Å²) in [5.41, 5.74) is -0.0632. The van der Waals surface area contributed by atoms with E-state index < -0.39 is 17.3 Å². The normalized spacial score (nSPS) is 10.9. The molecule has 0 aliphatic heterocycles. The fraction of sp³-hybridized carbons (Fsp3) is 0.100. The summed E-state index contributed by atoms with van der Waals surface area (Å²) in [4.78, 5) is 29.3. The standard InChI is InChI=1S/C20H14ClFN4O4/c1-29-15-7-6-11(8-13(15)21)24-16(27)9-26-10-23-19-17(20(26)28)18(25-30-19)12-4-2-3-5-14(12)22/h2-8,10H,9H2,1H3,(H,24,27). The van der Waals surface area contributed by atoms with Crippen molar-refractivity contribution in [3.8, 4) is 17.0 Å². The summed E-state index contributed by atoms with van der Waals surface area (Å²) < 4.78 is 25.4. The first-order valence-electron chi connectivity index (χ1n) is 8.71. The Bertz CT molecular complexity index is 1320. The van der Waals surface area contributed by atoms with Crippen LogP contribution in [-0.4, -0.2) is 27.7 Å². The first kappa shape index (κ1) is 19.6. The zero-order valence-corrected chi connectivity index (χ0v) is 16.3. The molecule has 0 saturated carbocycles. The van der Waals surface area contributed by atoms with Gasteiger partial charge in [-0.3, -0.25) is 14.2 Å². The molecule has 1 amide bonds. The molecule has 1 N–H and O–H groups in total. The molecular formula is C20H14ClFN4O4. The number of hydrogen-bond acceptors (Lipinski definition) is 6. The first-order chi connectivity index (χ1) is 14.5. The van der Waals surface area contributed by atoms with E-state index in [-0.39, 0.29) is 28.9 Å². The summed E-state index contributed by atoms with van der Waals surface area (Å²) >= 11 is 6.05. The molecule has 152 valence electrons. The first-order valence-corrected chi connectivity index (χ1v) is 9.09. The van der Waals surface area contributed by atoms with E-state index in [1.54, 1.807) is 18.2 Å². The van der Waals surface area contributed by atoms with Crippen LogP contribution in [0.5, 0.6) is 5.75 Å². The van der Waals surface area contributed by atoms with Crippen molar-refractivity contribution in [2.45, 2.75) is 6.54 Å². The molecule has 4 rings (SSSR count). The lowest BCUT2D eigenvalue weighted by Gasteiger charge is -2.09. The number of fused-ring (bicyclic) bond motifs is 1. The van der Waals surface area contributed by atoms with Gasteiger partial charge in [-0.15, -0.1) is 0 Å². The molecular weight excluding hydrogens is 415 g/mol. The van der Waals surface area contributed by atoms with E-state index in [2.05, 4.69) is 15.5 Å². The van der Waals surface area contributed by atoms with Gasteiger partial charge in [-0.2, -0.15) is 0 Å². The van der Waals surface area contributed by atoms with Gasteiger partial charge in [0, 0.05) is 11.3 Å². The van der Waals surface area contributed by atoms with Crippen molar-refractivity contribution in [2.75, 3.05) is 12.4 Å². The monoisotopic (exact) mass is 428 g/mol. The number of hydrogen-bond donors (Lipinski definition) is 1. The number of aromatic nitrogens is 3. The number of methoxy groups -OCH3 is 1. The molecule has 0 aliphatic carbocycles. The predicted molar refractivity (Wildman–Crippen MR) is 108 cm³/mol. The Balaban J connectivity index is 1.64. The number of ether oxygens (including phenoxy) is 1.